The highest BCUT2D eigenvalue weighted by Gasteiger charge is 2.33. The van der Waals surface area contributed by atoms with Crippen LogP contribution in [0.3, 0.4) is 0 Å². The number of alkyl halides is 3. The van der Waals surface area contributed by atoms with Gasteiger partial charge in [-0.1, -0.05) is 34.1 Å². The number of rotatable bonds is 6. The van der Waals surface area contributed by atoms with Crippen LogP contribution in [0.25, 0.3) is 10.9 Å². The lowest BCUT2D eigenvalue weighted by Gasteiger charge is -2.17. The van der Waals surface area contributed by atoms with Crippen molar-refractivity contribution in [1.82, 2.24) is 9.71 Å². The summed E-state index contributed by atoms with van der Waals surface area (Å²) >= 11 is 2.91. The van der Waals surface area contributed by atoms with Crippen molar-refractivity contribution in [2.45, 2.75) is 23.5 Å². The van der Waals surface area contributed by atoms with Gasteiger partial charge in [-0.15, -0.1) is 0 Å². The normalized spacial score (nSPS) is 13.8. The fourth-order valence-electron chi connectivity index (χ4n) is 2.88. The van der Waals surface area contributed by atoms with E-state index in [1.165, 1.54) is 0 Å². The van der Waals surface area contributed by atoms with E-state index in [1.807, 2.05) is 24.3 Å². The zero-order valence-electron chi connectivity index (χ0n) is 14.3. The summed E-state index contributed by atoms with van der Waals surface area (Å²) in [6, 6.07) is 8.93. The number of aromatic nitrogens is 1. The predicted molar refractivity (Wildman–Crippen MR) is 102 cm³/mol. The molecule has 0 radical (unpaired) electrons. The first-order chi connectivity index (χ1) is 13.1. The van der Waals surface area contributed by atoms with E-state index in [0.29, 0.717) is 6.07 Å². The summed E-state index contributed by atoms with van der Waals surface area (Å²) < 4.78 is 66.4. The van der Waals surface area contributed by atoms with Crippen LogP contribution in [0.2, 0.25) is 0 Å². The van der Waals surface area contributed by atoms with Gasteiger partial charge in [0.15, 0.2) is 0 Å². The molecule has 0 bridgehead atoms. The maximum absolute atomic E-state index is 13.0. The summed E-state index contributed by atoms with van der Waals surface area (Å²) in [4.78, 5) is 2.52. The molecule has 28 heavy (non-hydrogen) atoms. The van der Waals surface area contributed by atoms with Crippen LogP contribution in [0.1, 0.15) is 11.1 Å². The first-order valence-electron chi connectivity index (χ1n) is 8.16. The maximum Gasteiger partial charge on any atom is 0.416 e. The van der Waals surface area contributed by atoms with E-state index >= 15 is 0 Å². The number of aliphatic hydroxyl groups excluding tert-OH is 1. The Bertz CT molecular complexity index is 1100. The van der Waals surface area contributed by atoms with Crippen LogP contribution in [-0.4, -0.2) is 31.2 Å². The molecule has 0 aliphatic heterocycles. The van der Waals surface area contributed by atoms with Gasteiger partial charge in [-0.2, -0.15) is 13.2 Å². The standard InChI is InChI=1S/C18H16BrF3N2O3S/c19-13-6-12(18(20,21)22)7-15(8-13)28(26,27)24-14(10-25)5-11-9-23-17-4-2-1-3-16(11)17/h1-4,6-9,14,23-25H,5,10H2/t14-/m0/s1. The van der Waals surface area contributed by atoms with Crippen molar-refractivity contribution >= 4 is 36.9 Å². The molecule has 5 nitrogen and oxygen atoms in total. The number of sulfonamides is 1. The number of aliphatic hydroxyl groups is 1. The largest absolute Gasteiger partial charge is 0.416 e. The van der Waals surface area contributed by atoms with Gasteiger partial charge in [0.2, 0.25) is 10.0 Å². The Morgan fingerprint density at radius 2 is 1.89 bits per heavy atom. The SMILES string of the molecule is O=S(=O)(N[C@H](CO)Cc1c[nH]c2ccccc12)c1cc(Br)cc(C(F)(F)F)c1. The predicted octanol–water partition coefficient (Wildman–Crippen LogP) is 3.83. The highest BCUT2D eigenvalue weighted by molar-refractivity contribution is 9.10. The summed E-state index contributed by atoms with van der Waals surface area (Å²) in [5.74, 6) is 0. The molecule has 0 spiro atoms. The van der Waals surface area contributed by atoms with E-state index in [9.17, 15) is 26.7 Å². The second-order valence-electron chi connectivity index (χ2n) is 6.24. The average molecular weight is 477 g/mol. The maximum atomic E-state index is 13.0. The van der Waals surface area contributed by atoms with Crippen molar-refractivity contribution in [1.29, 1.82) is 0 Å². The number of aromatic amines is 1. The molecule has 0 fully saturated rings. The van der Waals surface area contributed by atoms with Gasteiger partial charge >= 0.3 is 6.18 Å². The number of benzene rings is 2. The highest BCUT2D eigenvalue weighted by Crippen LogP contribution is 2.33. The van der Waals surface area contributed by atoms with E-state index in [4.69, 9.17) is 0 Å². The number of halogens is 4. The zero-order chi connectivity index (χ0) is 20.5. The molecule has 0 aliphatic carbocycles. The third-order valence-corrected chi connectivity index (χ3v) is 6.15. The minimum Gasteiger partial charge on any atom is -0.395 e. The summed E-state index contributed by atoms with van der Waals surface area (Å²) in [5.41, 5.74) is 0.556. The number of hydrogen-bond donors (Lipinski definition) is 3. The van der Waals surface area contributed by atoms with Gasteiger partial charge < -0.3 is 10.1 Å². The third-order valence-electron chi connectivity index (χ3n) is 4.19. The van der Waals surface area contributed by atoms with Crippen LogP contribution in [-0.2, 0) is 22.6 Å². The third kappa shape index (κ3) is 4.57. The Balaban J connectivity index is 1.87. The molecule has 0 aliphatic rings. The Labute approximate surface area is 167 Å². The number of para-hydroxylation sites is 1. The molecule has 0 saturated carbocycles. The molecule has 3 rings (SSSR count). The molecule has 3 aromatic rings. The van der Waals surface area contributed by atoms with E-state index < -0.39 is 39.3 Å². The number of hydrogen-bond acceptors (Lipinski definition) is 3. The molecule has 1 heterocycles. The Hall–Kier alpha value is -1.88. The van der Waals surface area contributed by atoms with Gasteiger partial charge in [0.05, 0.1) is 17.1 Å². The van der Waals surface area contributed by atoms with E-state index in [2.05, 4.69) is 25.6 Å². The van der Waals surface area contributed by atoms with Crippen LogP contribution in [0.4, 0.5) is 13.2 Å². The lowest BCUT2D eigenvalue weighted by molar-refractivity contribution is -0.137. The van der Waals surface area contributed by atoms with Crippen LogP contribution in [0.15, 0.2) is 58.0 Å². The summed E-state index contributed by atoms with van der Waals surface area (Å²) in [6.07, 6.45) is -2.81. The Morgan fingerprint density at radius 1 is 1.18 bits per heavy atom. The second-order valence-corrected chi connectivity index (χ2v) is 8.87. The van der Waals surface area contributed by atoms with Crippen molar-refractivity contribution in [3.05, 3.63) is 64.3 Å². The highest BCUT2D eigenvalue weighted by atomic mass is 79.9. The van der Waals surface area contributed by atoms with E-state index in [-0.39, 0.29) is 10.9 Å². The summed E-state index contributed by atoms with van der Waals surface area (Å²) in [6.45, 7) is -0.515. The fraction of sp³-hybridized carbons (Fsp3) is 0.222. The fourth-order valence-corrected chi connectivity index (χ4v) is 4.82. The zero-order valence-corrected chi connectivity index (χ0v) is 16.7. The van der Waals surface area contributed by atoms with E-state index in [1.54, 1.807) is 6.20 Å². The molecule has 2 aromatic carbocycles. The van der Waals surface area contributed by atoms with Crippen LogP contribution >= 0.6 is 15.9 Å². The van der Waals surface area contributed by atoms with Crippen molar-refractivity contribution in [2.24, 2.45) is 0 Å². The quantitative estimate of drug-likeness (QED) is 0.505. The number of fused-ring (bicyclic) bond motifs is 1. The molecule has 0 saturated heterocycles. The lowest BCUT2D eigenvalue weighted by Crippen LogP contribution is -2.39. The van der Waals surface area contributed by atoms with Crippen molar-refractivity contribution < 1.29 is 26.7 Å². The second kappa shape index (κ2) is 7.86. The number of H-pyrrole nitrogens is 1. The monoisotopic (exact) mass is 476 g/mol. The van der Waals surface area contributed by atoms with Gasteiger partial charge in [0.1, 0.15) is 0 Å². The van der Waals surface area contributed by atoms with Crippen LogP contribution in [0, 0.1) is 0 Å². The molecular weight excluding hydrogens is 461 g/mol. The first-order valence-corrected chi connectivity index (χ1v) is 10.4. The molecule has 0 unspecified atom stereocenters. The molecular formula is C18H16BrF3N2O3S. The molecule has 10 heteroatoms. The Kier molecular flexibility index (Phi) is 5.85. The van der Waals surface area contributed by atoms with Crippen LogP contribution < -0.4 is 4.72 Å². The minimum absolute atomic E-state index is 0.0140. The lowest BCUT2D eigenvalue weighted by atomic mass is 10.1. The van der Waals surface area contributed by atoms with Crippen molar-refractivity contribution in [3.8, 4) is 0 Å². The molecule has 3 N–H and O–H groups in total. The van der Waals surface area contributed by atoms with Gasteiger partial charge in [0, 0.05) is 27.6 Å². The van der Waals surface area contributed by atoms with Crippen molar-refractivity contribution in [2.75, 3.05) is 6.61 Å². The molecule has 1 atom stereocenters. The summed E-state index contributed by atoms with van der Waals surface area (Å²) in [7, 11) is -4.28. The van der Waals surface area contributed by atoms with Crippen LogP contribution in [0.5, 0.6) is 0 Å². The van der Waals surface area contributed by atoms with Gasteiger partial charge in [-0.05, 0) is 36.2 Å². The topological polar surface area (TPSA) is 82.2 Å². The van der Waals surface area contributed by atoms with Gasteiger partial charge in [-0.25, -0.2) is 13.1 Å². The van der Waals surface area contributed by atoms with Gasteiger partial charge in [-0.3, -0.25) is 0 Å². The Morgan fingerprint density at radius 3 is 2.57 bits per heavy atom. The summed E-state index contributed by atoms with van der Waals surface area (Å²) in [5, 5.41) is 10.5. The average Bonchev–Trinajstić information content (AvgIpc) is 3.03. The van der Waals surface area contributed by atoms with Gasteiger partial charge in [0.25, 0.3) is 0 Å². The molecule has 1 aromatic heterocycles. The number of nitrogens with one attached hydrogen (secondary N) is 2. The van der Waals surface area contributed by atoms with Crippen molar-refractivity contribution in [3.63, 3.8) is 0 Å². The van der Waals surface area contributed by atoms with E-state index in [0.717, 1.165) is 28.6 Å². The molecule has 150 valence electrons. The first kappa shape index (κ1) is 20.8. The minimum atomic E-state index is -4.69. The smallest absolute Gasteiger partial charge is 0.395 e. The molecule has 0 amide bonds.